The van der Waals surface area contributed by atoms with Gasteiger partial charge in [-0.05, 0) is 31.9 Å². The standard InChI is InChI=1S/C16H21N5/c1-11-9-15(21-16(20-11)12-5-3-6-12)19-10-14-13(17-2)7-4-8-18-14/h4,7-9,12,17H,3,5-6,10H2,1-2H3,(H,19,20,21). The summed E-state index contributed by atoms with van der Waals surface area (Å²) < 4.78 is 0. The lowest BCUT2D eigenvalue weighted by Gasteiger charge is -2.24. The van der Waals surface area contributed by atoms with E-state index in [9.17, 15) is 0 Å². The van der Waals surface area contributed by atoms with Crippen molar-refractivity contribution in [3.05, 3.63) is 41.6 Å². The number of pyridine rings is 1. The van der Waals surface area contributed by atoms with Crippen molar-refractivity contribution in [1.29, 1.82) is 0 Å². The first-order chi connectivity index (χ1) is 10.3. The highest BCUT2D eigenvalue weighted by molar-refractivity contribution is 5.48. The molecule has 2 aromatic heterocycles. The zero-order valence-corrected chi connectivity index (χ0v) is 12.6. The molecule has 1 fully saturated rings. The third-order valence-corrected chi connectivity index (χ3v) is 3.94. The molecule has 1 aliphatic rings. The van der Waals surface area contributed by atoms with Crippen molar-refractivity contribution < 1.29 is 0 Å². The van der Waals surface area contributed by atoms with Crippen LogP contribution in [-0.4, -0.2) is 22.0 Å². The Hall–Kier alpha value is -2.17. The summed E-state index contributed by atoms with van der Waals surface area (Å²) in [6.07, 6.45) is 5.53. The van der Waals surface area contributed by atoms with Gasteiger partial charge in [0.15, 0.2) is 0 Å². The molecule has 0 radical (unpaired) electrons. The van der Waals surface area contributed by atoms with Crippen LogP contribution in [0.15, 0.2) is 24.4 Å². The summed E-state index contributed by atoms with van der Waals surface area (Å²) in [5, 5.41) is 6.52. The van der Waals surface area contributed by atoms with Crippen LogP contribution in [-0.2, 0) is 6.54 Å². The highest BCUT2D eigenvalue weighted by Crippen LogP contribution is 2.34. The monoisotopic (exact) mass is 283 g/mol. The molecule has 0 aliphatic heterocycles. The summed E-state index contributed by atoms with van der Waals surface area (Å²) in [4.78, 5) is 13.6. The van der Waals surface area contributed by atoms with E-state index >= 15 is 0 Å². The molecule has 0 atom stereocenters. The van der Waals surface area contributed by atoms with Gasteiger partial charge in [0.2, 0.25) is 0 Å². The van der Waals surface area contributed by atoms with Crippen LogP contribution < -0.4 is 10.6 Å². The van der Waals surface area contributed by atoms with E-state index in [0.717, 1.165) is 28.7 Å². The van der Waals surface area contributed by atoms with Crippen LogP contribution >= 0.6 is 0 Å². The highest BCUT2D eigenvalue weighted by atomic mass is 15.0. The normalized spacial score (nSPS) is 14.6. The fraction of sp³-hybridized carbons (Fsp3) is 0.438. The lowest BCUT2D eigenvalue weighted by molar-refractivity contribution is 0.401. The number of nitrogens with zero attached hydrogens (tertiary/aromatic N) is 3. The lowest BCUT2D eigenvalue weighted by Crippen LogP contribution is -2.15. The van der Waals surface area contributed by atoms with Crippen molar-refractivity contribution in [2.45, 2.75) is 38.6 Å². The average Bonchev–Trinajstić information content (AvgIpc) is 2.43. The molecule has 21 heavy (non-hydrogen) atoms. The van der Waals surface area contributed by atoms with Crippen LogP contribution in [0.3, 0.4) is 0 Å². The summed E-state index contributed by atoms with van der Waals surface area (Å²) in [6, 6.07) is 5.94. The minimum atomic E-state index is 0.549. The van der Waals surface area contributed by atoms with Crippen molar-refractivity contribution in [2.24, 2.45) is 0 Å². The SMILES string of the molecule is CNc1cccnc1CNc1cc(C)nc(C2CCC2)n1. The van der Waals surface area contributed by atoms with Crippen molar-refractivity contribution in [2.75, 3.05) is 17.7 Å². The molecular formula is C16H21N5. The predicted octanol–water partition coefficient (Wildman–Crippen LogP) is 3.10. The minimum Gasteiger partial charge on any atom is -0.387 e. The van der Waals surface area contributed by atoms with Gasteiger partial charge in [0.1, 0.15) is 11.6 Å². The van der Waals surface area contributed by atoms with Gasteiger partial charge in [0, 0.05) is 30.9 Å². The van der Waals surface area contributed by atoms with Gasteiger partial charge in [-0.3, -0.25) is 4.98 Å². The van der Waals surface area contributed by atoms with Gasteiger partial charge in [-0.2, -0.15) is 0 Å². The second-order valence-electron chi connectivity index (χ2n) is 5.48. The number of nitrogens with one attached hydrogen (secondary N) is 2. The number of rotatable bonds is 5. The zero-order valence-electron chi connectivity index (χ0n) is 12.6. The zero-order chi connectivity index (χ0) is 14.7. The molecule has 2 aromatic rings. The Morgan fingerprint density at radius 3 is 2.86 bits per heavy atom. The molecular weight excluding hydrogens is 262 g/mol. The second kappa shape index (κ2) is 6.08. The van der Waals surface area contributed by atoms with Crippen LogP contribution in [0.5, 0.6) is 0 Å². The van der Waals surface area contributed by atoms with E-state index < -0.39 is 0 Å². The van der Waals surface area contributed by atoms with Crippen LogP contribution in [0.25, 0.3) is 0 Å². The highest BCUT2D eigenvalue weighted by Gasteiger charge is 2.22. The molecule has 2 heterocycles. The lowest BCUT2D eigenvalue weighted by atomic mass is 9.85. The predicted molar refractivity (Wildman–Crippen MR) is 84.5 cm³/mol. The van der Waals surface area contributed by atoms with E-state index in [1.54, 1.807) is 0 Å². The first kappa shape index (κ1) is 13.8. The Morgan fingerprint density at radius 1 is 1.29 bits per heavy atom. The van der Waals surface area contributed by atoms with Gasteiger partial charge in [-0.15, -0.1) is 0 Å². The van der Waals surface area contributed by atoms with Crippen molar-refractivity contribution in [3.63, 3.8) is 0 Å². The van der Waals surface area contributed by atoms with Crippen LogP contribution in [0.2, 0.25) is 0 Å². The van der Waals surface area contributed by atoms with E-state index in [2.05, 4.69) is 25.6 Å². The molecule has 5 heteroatoms. The molecule has 0 saturated heterocycles. The number of hydrogen-bond donors (Lipinski definition) is 2. The Balaban J connectivity index is 1.74. The third-order valence-electron chi connectivity index (χ3n) is 3.94. The summed E-state index contributed by atoms with van der Waals surface area (Å²) in [7, 11) is 1.91. The summed E-state index contributed by atoms with van der Waals surface area (Å²) >= 11 is 0. The molecule has 0 aromatic carbocycles. The molecule has 5 nitrogen and oxygen atoms in total. The Labute approximate surface area is 125 Å². The molecule has 0 unspecified atom stereocenters. The van der Waals surface area contributed by atoms with Gasteiger partial charge in [-0.25, -0.2) is 9.97 Å². The number of hydrogen-bond acceptors (Lipinski definition) is 5. The van der Waals surface area contributed by atoms with Crippen molar-refractivity contribution in [3.8, 4) is 0 Å². The largest absolute Gasteiger partial charge is 0.387 e. The maximum Gasteiger partial charge on any atom is 0.134 e. The molecule has 110 valence electrons. The fourth-order valence-electron chi connectivity index (χ4n) is 2.51. The number of aromatic nitrogens is 3. The first-order valence-corrected chi connectivity index (χ1v) is 7.47. The van der Waals surface area contributed by atoms with E-state index in [4.69, 9.17) is 0 Å². The molecule has 2 N–H and O–H groups in total. The van der Waals surface area contributed by atoms with Gasteiger partial charge in [0.05, 0.1) is 17.9 Å². The van der Waals surface area contributed by atoms with Crippen molar-refractivity contribution >= 4 is 11.5 Å². The average molecular weight is 283 g/mol. The van der Waals surface area contributed by atoms with E-state index in [1.165, 1.54) is 19.3 Å². The maximum atomic E-state index is 4.66. The summed E-state index contributed by atoms with van der Waals surface area (Å²) in [5.74, 6) is 2.42. The topological polar surface area (TPSA) is 62.7 Å². The van der Waals surface area contributed by atoms with E-state index in [0.29, 0.717) is 12.5 Å². The summed E-state index contributed by atoms with van der Waals surface area (Å²) in [6.45, 7) is 2.67. The molecule has 0 spiro atoms. The van der Waals surface area contributed by atoms with E-state index in [1.807, 2.05) is 38.4 Å². The smallest absolute Gasteiger partial charge is 0.134 e. The van der Waals surface area contributed by atoms with Crippen molar-refractivity contribution in [1.82, 2.24) is 15.0 Å². The minimum absolute atomic E-state index is 0.549. The van der Waals surface area contributed by atoms with Crippen LogP contribution in [0.4, 0.5) is 11.5 Å². The van der Waals surface area contributed by atoms with Gasteiger partial charge in [-0.1, -0.05) is 6.42 Å². The molecule has 0 bridgehead atoms. The Bertz CT molecular complexity index is 622. The molecule has 1 aliphatic carbocycles. The van der Waals surface area contributed by atoms with Gasteiger partial charge in [0.25, 0.3) is 0 Å². The number of anilines is 2. The third kappa shape index (κ3) is 3.12. The number of aryl methyl sites for hydroxylation is 1. The molecule has 1 saturated carbocycles. The maximum absolute atomic E-state index is 4.66. The van der Waals surface area contributed by atoms with Gasteiger partial charge >= 0.3 is 0 Å². The Kier molecular flexibility index (Phi) is 3.99. The quantitative estimate of drug-likeness (QED) is 0.883. The van der Waals surface area contributed by atoms with Gasteiger partial charge < -0.3 is 10.6 Å². The van der Waals surface area contributed by atoms with E-state index in [-0.39, 0.29) is 0 Å². The molecule has 3 rings (SSSR count). The second-order valence-corrected chi connectivity index (χ2v) is 5.48. The fourth-order valence-corrected chi connectivity index (χ4v) is 2.51. The van der Waals surface area contributed by atoms with Crippen LogP contribution in [0.1, 0.15) is 42.4 Å². The Morgan fingerprint density at radius 2 is 2.14 bits per heavy atom. The summed E-state index contributed by atoms with van der Waals surface area (Å²) in [5.41, 5.74) is 3.04. The first-order valence-electron chi connectivity index (χ1n) is 7.47. The van der Waals surface area contributed by atoms with Crippen LogP contribution in [0, 0.1) is 6.92 Å². The molecule has 0 amide bonds.